The third kappa shape index (κ3) is 2.84. The number of nitrogens with zero attached hydrogens (tertiary/aromatic N) is 1. The van der Waals surface area contributed by atoms with Crippen molar-refractivity contribution in [2.24, 2.45) is 5.41 Å². The molecule has 0 saturated carbocycles. The summed E-state index contributed by atoms with van der Waals surface area (Å²) in [6.45, 7) is 5.67. The number of carbonyl (C=O) groups excluding carboxylic acids is 1. The van der Waals surface area contributed by atoms with E-state index in [2.05, 4.69) is 16.4 Å². The fourth-order valence-corrected chi connectivity index (χ4v) is 2.78. The van der Waals surface area contributed by atoms with Crippen molar-refractivity contribution in [2.75, 3.05) is 11.6 Å². The van der Waals surface area contributed by atoms with E-state index in [1.807, 2.05) is 39.2 Å². The lowest BCUT2D eigenvalue weighted by Crippen LogP contribution is -2.27. The van der Waals surface area contributed by atoms with Gasteiger partial charge in [0.25, 0.3) is 0 Å². The standard InChI is InChI=1S/C13H16N2OS2/c1-13(2,3)11(16)15-12-14-9-6-5-8(17-4)7-10(9)18-12/h5-7H,1-4H3,(H,14,15,16). The Balaban J connectivity index is 2.28. The van der Waals surface area contributed by atoms with E-state index in [-0.39, 0.29) is 5.91 Å². The number of amides is 1. The maximum atomic E-state index is 11.9. The number of fused-ring (bicyclic) bond motifs is 1. The van der Waals surface area contributed by atoms with Gasteiger partial charge in [-0.3, -0.25) is 4.79 Å². The number of thiazole rings is 1. The second kappa shape index (κ2) is 4.90. The molecule has 0 aliphatic rings. The molecule has 1 N–H and O–H groups in total. The van der Waals surface area contributed by atoms with Crippen molar-refractivity contribution in [3.05, 3.63) is 18.2 Å². The lowest BCUT2D eigenvalue weighted by atomic mass is 9.96. The van der Waals surface area contributed by atoms with Crippen molar-refractivity contribution < 1.29 is 4.79 Å². The monoisotopic (exact) mass is 280 g/mol. The van der Waals surface area contributed by atoms with E-state index in [0.717, 1.165) is 10.2 Å². The highest BCUT2D eigenvalue weighted by molar-refractivity contribution is 7.98. The Hall–Kier alpha value is -1.07. The Morgan fingerprint density at radius 1 is 1.39 bits per heavy atom. The maximum Gasteiger partial charge on any atom is 0.231 e. The molecule has 96 valence electrons. The van der Waals surface area contributed by atoms with Crippen LogP contribution in [0.2, 0.25) is 0 Å². The van der Waals surface area contributed by atoms with E-state index < -0.39 is 5.41 Å². The minimum absolute atomic E-state index is 0.00774. The van der Waals surface area contributed by atoms with Crippen molar-refractivity contribution in [3.8, 4) is 0 Å². The molecule has 1 amide bonds. The number of hydrogen-bond donors (Lipinski definition) is 1. The quantitative estimate of drug-likeness (QED) is 0.845. The fraction of sp³-hybridized carbons (Fsp3) is 0.385. The number of carbonyl (C=O) groups is 1. The van der Waals surface area contributed by atoms with Crippen molar-refractivity contribution in [3.63, 3.8) is 0 Å². The number of hydrogen-bond acceptors (Lipinski definition) is 4. The van der Waals surface area contributed by atoms with Gasteiger partial charge in [-0.2, -0.15) is 0 Å². The molecule has 0 radical (unpaired) electrons. The molecular formula is C13H16N2OS2. The summed E-state index contributed by atoms with van der Waals surface area (Å²) >= 11 is 3.22. The van der Waals surface area contributed by atoms with Crippen molar-refractivity contribution in [1.82, 2.24) is 4.98 Å². The van der Waals surface area contributed by atoms with E-state index in [0.29, 0.717) is 5.13 Å². The zero-order chi connectivity index (χ0) is 13.3. The minimum atomic E-state index is -0.401. The Bertz CT molecular complexity index is 584. The average Bonchev–Trinajstić information content (AvgIpc) is 2.68. The molecule has 2 rings (SSSR count). The van der Waals surface area contributed by atoms with Crippen molar-refractivity contribution >= 4 is 44.4 Å². The Kier molecular flexibility index (Phi) is 3.64. The molecular weight excluding hydrogens is 264 g/mol. The summed E-state index contributed by atoms with van der Waals surface area (Å²) in [5.41, 5.74) is 0.532. The van der Waals surface area contributed by atoms with Crippen LogP contribution in [0.1, 0.15) is 20.8 Å². The van der Waals surface area contributed by atoms with E-state index in [1.54, 1.807) is 11.8 Å². The van der Waals surface area contributed by atoms with E-state index in [4.69, 9.17) is 0 Å². The Morgan fingerprint density at radius 2 is 2.11 bits per heavy atom. The van der Waals surface area contributed by atoms with Crippen LogP contribution >= 0.6 is 23.1 Å². The average molecular weight is 280 g/mol. The number of rotatable bonds is 2. The van der Waals surface area contributed by atoms with Gasteiger partial charge in [0, 0.05) is 10.3 Å². The Labute approximate surface area is 115 Å². The summed E-state index contributed by atoms with van der Waals surface area (Å²) < 4.78 is 1.10. The molecule has 0 spiro atoms. The maximum absolute atomic E-state index is 11.9. The minimum Gasteiger partial charge on any atom is -0.301 e. The van der Waals surface area contributed by atoms with E-state index in [1.165, 1.54) is 16.2 Å². The summed E-state index contributed by atoms with van der Waals surface area (Å²) in [5, 5.41) is 3.54. The zero-order valence-electron chi connectivity index (χ0n) is 10.9. The number of aromatic nitrogens is 1. The SMILES string of the molecule is CSc1ccc2nc(NC(=O)C(C)(C)C)sc2c1. The number of anilines is 1. The number of benzene rings is 1. The van der Waals surface area contributed by atoms with Crippen molar-refractivity contribution in [1.29, 1.82) is 0 Å². The highest BCUT2D eigenvalue weighted by atomic mass is 32.2. The molecule has 0 saturated heterocycles. The molecule has 0 fully saturated rings. The lowest BCUT2D eigenvalue weighted by Gasteiger charge is -2.15. The van der Waals surface area contributed by atoms with Crippen LogP contribution in [0.4, 0.5) is 5.13 Å². The highest BCUT2D eigenvalue weighted by Crippen LogP contribution is 2.30. The fourth-order valence-electron chi connectivity index (χ4n) is 1.37. The molecule has 2 aromatic rings. The summed E-state index contributed by atoms with van der Waals surface area (Å²) in [6.07, 6.45) is 2.05. The van der Waals surface area contributed by atoms with Crippen LogP contribution in [-0.4, -0.2) is 17.1 Å². The zero-order valence-corrected chi connectivity index (χ0v) is 12.5. The van der Waals surface area contributed by atoms with Gasteiger partial charge in [0.1, 0.15) is 0 Å². The molecule has 1 aromatic carbocycles. The molecule has 0 aliphatic carbocycles. The molecule has 0 unspecified atom stereocenters. The van der Waals surface area contributed by atoms with Gasteiger partial charge in [-0.25, -0.2) is 4.98 Å². The van der Waals surface area contributed by atoms with E-state index in [9.17, 15) is 4.79 Å². The summed E-state index contributed by atoms with van der Waals surface area (Å²) in [5.74, 6) is -0.00774. The first-order chi connectivity index (χ1) is 8.40. The number of thioether (sulfide) groups is 1. The van der Waals surface area contributed by atoms with Crippen LogP contribution in [0.3, 0.4) is 0 Å². The lowest BCUT2D eigenvalue weighted by molar-refractivity contribution is -0.123. The molecule has 1 aromatic heterocycles. The first-order valence-electron chi connectivity index (χ1n) is 5.66. The van der Waals surface area contributed by atoms with Gasteiger partial charge >= 0.3 is 0 Å². The van der Waals surface area contributed by atoms with Gasteiger partial charge in [0.2, 0.25) is 5.91 Å². The molecule has 3 nitrogen and oxygen atoms in total. The van der Waals surface area contributed by atoms with Gasteiger partial charge in [-0.15, -0.1) is 11.8 Å². The van der Waals surface area contributed by atoms with Crippen LogP contribution < -0.4 is 5.32 Å². The molecule has 1 heterocycles. The van der Waals surface area contributed by atoms with Crippen LogP contribution in [0, 0.1) is 5.41 Å². The van der Waals surface area contributed by atoms with Crippen LogP contribution in [0.5, 0.6) is 0 Å². The topological polar surface area (TPSA) is 42.0 Å². The van der Waals surface area contributed by atoms with Crippen LogP contribution in [-0.2, 0) is 4.79 Å². The van der Waals surface area contributed by atoms with Gasteiger partial charge in [-0.1, -0.05) is 32.1 Å². The molecule has 0 aliphatic heterocycles. The third-order valence-corrected chi connectivity index (χ3v) is 4.16. The van der Waals surface area contributed by atoms with Crippen molar-refractivity contribution in [2.45, 2.75) is 25.7 Å². The molecule has 18 heavy (non-hydrogen) atoms. The van der Waals surface area contributed by atoms with Crippen LogP contribution in [0.25, 0.3) is 10.2 Å². The van der Waals surface area contributed by atoms with E-state index >= 15 is 0 Å². The summed E-state index contributed by atoms with van der Waals surface area (Å²) in [7, 11) is 0. The number of nitrogens with one attached hydrogen (secondary N) is 1. The largest absolute Gasteiger partial charge is 0.301 e. The van der Waals surface area contributed by atoms with Gasteiger partial charge in [-0.05, 0) is 24.5 Å². The van der Waals surface area contributed by atoms with Gasteiger partial charge < -0.3 is 5.32 Å². The second-order valence-electron chi connectivity index (χ2n) is 5.06. The predicted octanol–water partition coefficient (Wildman–Crippen LogP) is 4.00. The first-order valence-corrected chi connectivity index (χ1v) is 7.70. The predicted molar refractivity (Wildman–Crippen MR) is 79.5 cm³/mol. The normalized spacial score (nSPS) is 11.8. The molecule has 0 bridgehead atoms. The summed E-state index contributed by atoms with van der Waals surface area (Å²) in [4.78, 5) is 17.5. The molecule has 5 heteroatoms. The highest BCUT2D eigenvalue weighted by Gasteiger charge is 2.22. The molecule has 0 atom stereocenters. The van der Waals surface area contributed by atoms with Gasteiger partial charge in [0.05, 0.1) is 10.2 Å². The second-order valence-corrected chi connectivity index (χ2v) is 6.97. The first kappa shape index (κ1) is 13.4. The van der Waals surface area contributed by atoms with Gasteiger partial charge in [0.15, 0.2) is 5.13 Å². The Morgan fingerprint density at radius 3 is 2.72 bits per heavy atom. The summed E-state index contributed by atoms with van der Waals surface area (Å²) in [6, 6.07) is 6.14. The van der Waals surface area contributed by atoms with Crippen LogP contribution in [0.15, 0.2) is 23.1 Å². The smallest absolute Gasteiger partial charge is 0.231 e. The third-order valence-electron chi connectivity index (χ3n) is 2.50.